The summed E-state index contributed by atoms with van der Waals surface area (Å²) in [5, 5.41) is 2.54. The number of carbonyl (C=O) groups is 1. The molecule has 6 heteroatoms. The summed E-state index contributed by atoms with van der Waals surface area (Å²) >= 11 is 0. The Balaban J connectivity index is 2.43. The lowest BCUT2D eigenvalue weighted by molar-refractivity contribution is -0.126. The van der Waals surface area contributed by atoms with E-state index in [1.54, 1.807) is 13.8 Å². The zero-order valence-corrected chi connectivity index (χ0v) is 13.0. The molecule has 0 aromatic carbocycles. The summed E-state index contributed by atoms with van der Waals surface area (Å²) in [6, 6.07) is 0. The van der Waals surface area contributed by atoms with Crippen molar-refractivity contribution in [3.63, 3.8) is 0 Å². The number of amides is 1. The lowest BCUT2D eigenvalue weighted by Crippen LogP contribution is -2.45. The number of nitrogens with zero attached hydrogens (tertiary/aromatic N) is 1. The average Bonchev–Trinajstić information content (AvgIpc) is 2.39. The maximum Gasteiger partial charge on any atom is 0.223 e. The number of sulfonamides is 1. The van der Waals surface area contributed by atoms with Crippen molar-refractivity contribution in [1.29, 1.82) is 0 Å². The third kappa shape index (κ3) is 4.45. The van der Waals surface area contributed by atoms with Crippen molar-refractivity contribution in [1.82, 2.24) is 9.62 Å². The van der Waals surface area contributed by atoms with Crippen LogP contribution in [0, 0.1) is 5.92 Å². The summed E-state index contributed by atoms with van der Waals surface area (Å²) < 4.78 is 25.5. The molecule has 1 aliphatic rings. The van der Waals surface area contributed by atoms with E-state index in [0.717, 1.165) is 19.4 Å². The average molecular weight is 290 g/mol. The largest absolute Gasteiger partial charge is 0.356 e. The van der Waals surface area contributed by atoms with Gasteiger partial charge in [-0.1, -0.05) is 13.3 Å². The first-order valence-electron chi connectivity index (χ1n) is 7.16. The molecule has 1 amide bonds. The number of hydrogen-bond acceptors (Lipinski definition) is 3. The third-order valence-electron chi connectivity index (χ3n) is 3.61. The molecule has 0 unspecified atom stereocenters. The van der Waals surface area contributed by atoms with E-state index < -0.39 is 10.0 Å². The monoisotopic (exact) mass is 290 g/mol. The van der Waals surface area contributed by atoms with Crippen molar-refractivity contribution in [2.24, 2.45) is 5.92 Å². The van der Waals surface area contributed by atoms with Gasteiger partial charge in [-0.25, -0.2) is 12.7 Å². The molecule has 0 spiro atoms. The van der Waals surface area contributed by atoms with E-state index >= 15 is 0 Å². The molecule has 5 nitrogen and oxygen atoms in total. The highest BCUT2D eigenvalue weighted by atomic mass is 32.2. The van der Waals surface area contributed by atoms with Crippen molar-refractivity contribution in [3.8, 4) is 0 Å². The minimum absolute atomic E-state index is 0.0320. The van der Waals surface area contributed by atoms with Gasteiger partial charge in [0.15, 0.2) is 0 Å². The van der Waals surface area contributed by atoms with Gasteiger partial charge in [-0.15, -0.1) is 0 Å². The zero-order valence-electron chi connectivity index (χ0n) is 12.2. The first-order chi connectivity index (χ1) is 8.89. The molecule has 1 aliphatic heterocycles. The van der Waals surface area contributed by atoms with E-state index in [0.29, 0.717) is 25.9 Å². The fourth-order valence-electron chi connectivity index (χ4n) is 2.20. The summed E-state index contributed by atoms with van der Waals surface area (Å²) in [6.07, 6.45) is 3.31. The van der Waals surface area contributed by atoms with Crippen molar-refractivity contribution >= 4 is 15.9 Å². The molecular formula is C13H26N2O3S. The van der Waals surface area contributed by atoms with Gasteiger partial charge in [0.25, 0.3) is 0 Å². The molecule has 0 aliphatic carbocycles. The Hall–Kier alpha value is -0.620. The highest BCUT2D eigenvalue weighted by Crippen LogP contribution is 2.21. The zero-order chi connectivity index (χ0) is 14.5. The van der Waals surface area contributed by atoms with Crippen LogP contribution in [-0.4, -0.2) is 43.5 Å². The standard InChI is InChI=1S/C13H26N2O3S/c1-4-5-8-14-13(16)12-6-9-15(10-7-12)19(17,18)11(2)3/h11-12H,4-10H2,1-3H3,(H,14,16). The van der Waals surface area contributed by atoms with Gasteiger partial charge in [0.2, 0.25) is 15.9 Å². The fourth-order valence-corrected chi connectivity index (χ4v) is 3.52. The summed E-state index contributed by atoms with van der Waals surface area (Å²) in [5.41, 5.74) is 0. The first kappa shape index (κ1) is 16.4. The molecule has 1 saturated heterocycles. The second-order valence-corrected chi connectivity index (χ2v) is 7.90. The molecule has 19 heavy (non-hydrogen) atoms. The second kappa shape index (κ2) is 7.24. The lowest BCUT2D eigenvalue weighted by Gasteiger charge is -2.31. The fraction of sp³-hybridized carbons (Fsp3) is 0.923. The molecule has 1 N–H and O–H groups in total. The van der Waals surface area contributed by atoms with Gasteiger partial charge >= 0.3 is 0 Å². The van der Waals surface area contributed by atoms with Gasteiger partial charge in [0, 0.05) is 25.6 Å². The van der Waals surface area contributed by atoms with Gasteiger partial charge in [-0.2, -0.15) is 0 Å². The Morgan fingerprint density at radius 2 is 1.89 bits per heavy atom. The Morgan fingerprint density at radius 3 is 2.37 bits per heavy atom. The lowest BCUT2D eigenvalue weighted by atomic mass is 9.97. The third-order valence-corrected chi connectivity index (χ3v) is 5.89. The Bertz CT molecular complexity index is 385. The molecular weight excluding hydrogens is 264 g/mol. The molecule has 112 valence electrons. The quantitative estimate of drug-likeness (QED) is 0.751. The van der Waals surface area contributed by atoms with Crippen LogP contribution < -0.4 is 5.32 Å². The molecule has 0 radical (unpaired) electrons. The minimum Gasteiger partial charge on any atom is -0.356 e. The van der Waals surface area contributed by atoms with Crippen molar-refractivity contribution in [2.75, 3.05) is 19.6 Å². The minimum atomic E-state index is -3.17. The summed E-state index contributed by atoms with van der Waals surface area (Å²) in [6.45, 7) is 7.12. The van der Waals surface area contributed by atoms with E-state index in [1.165, 1.54) is 4.31 Å². The number of hydrogen-bond donors (Lipinski definition) is 1. The van der Waals surface area contributed by atoms with E-state index in [2.05, 4.69) is 12.2 Å². The SMILES string of the molecule is CCCCNC(=O)C1CCN(S(=O)(=O)C(C)C)CC1. The molecule has 0 aromatic heterocycles. The maximum atomic E-state index is 12.0. The van der Waals surface area contributed by atoms with Crippen molar-refractivity contribution < 1.29 is 13.2 Å². The summed E-state index contributed by atoms with van der Waals surface area (Å²) in [4.78, 5) is 11.9. The molecule has 0 atom stereocenters. The second-order valence-electron chi connectivity index (χ2n) is 5.41. The predicted molar refractivity (Wildman–Crippen MR) is 76.3 cm³/mol. The number of piperidine rings is 1. The van der Waals surface area contributed by atoms with E-state index in [-0.39, 0.29) is 17.1 Å². The van der Waals surface area contributed by atoms with Crippen LogP contribution in [0.25, 0.3) is 0 Å². The Labute approximate surface area is 116 Å². The van der Waals surface area contributed by atoms with Crippen LogP contribution in [0.15, 0.2) is 0 Å². The normalized spacial score (nSPS) is 18.7. The van der Waals surface area contributed by atoms with Crippen molar-refractivity contribution in [3.05, 3.63) is 0 Å². The molecule has 1 heterocycles. The number of unbranched alkanes of at least 4 members (excludes halogenated alkanes) is 1. The Morgan fingerprint density at radius 1 is 1.32 bits per heavy atom. The van der Waals surface area contributed by atoms with Crippen molar-refractivity contribution in [2.45, 2.75) is 51.7 Å². The first-order valence-corrected chi connectivity index (χ1v) is 8.66. The Kier molecular flexibility index (Phi) is 6.26. The summed E-state index contributed by atoms with van der Waals surface area (Å²) in [7, 11) is -3.17. The van der Waals surface area contributed by atoms with E-state index in [4.69, 9.17) is 0 Å². The number of nitrogens with one attached hydrogen (secondary N) is 1. The molecule has 0 saturated carbocycles. The molecule has 1 rings (SSSR count). The van der Waals surface area contributed by atoms with Gasteiger partial charge in [-0.05, 0) is 33.1 Å². The van der Waals surface area contributed by atoms with Crippen LogP contribution in [0.4, 0.5) is 0 Å². The number of rotatable bonds is 6. The van der Waals surface area contributed by atoms with Crippen LogP contribution in [0.1, 0.15) is 46.5 Å². The van der Waals surface area contributed by atoms with E-state index in [1.807, 2.05) is 0 Å². The summed E-state index contributed by atoms with van der Waals surface area (Å²) in [5.74, 6) is 0.0468. The van der Waals surface area contributed by atoms with Crippen LogP contribution in [0.3, 0.4) is 0 Å². The van der Waals surface area contributed by atoms with E-state index in [9.17, 15) is 13.2 Å². The molecule has 1 fully saturated rings. The van der Waals surface area contributed by atoms with Crippen LogP contribution in [0.2, 0.25) is 0 Å². The topological polar surface area (TPSA) is 66.5 Å². The van der Waals surface area contributed by atoms with Gasteiger partial charge < -0.3 is 5.32 Å². The smallest absolute Gasteiger partial charge is 0.223 e. The maximum absolute atomic E-state index is 12.0. The van der Waals surface area contributed by atoms with Gasteiger partial charge in [0.1, 0.15) is 0 Å². The van der Waals surface area contributed by atoms with Crippen LogP contribution in [0.5, 0.6) is 0 Å². The molecule has 0 bridgehead atoms. The highest BCUT2D eigenvalue weighted by Gasteiger charge is 2.32. The highest BCUT2D eigenvalue weighted by molar-refractivity contribution is 7.89. The molecule has 0 aromatic rings. The van der Waals surface area contributed by atoms with Gasteiger partial charge in [-0.3, -0.25) is 4.79 Å². The number of carbonyl (C=O) groups excluding carboxylic acids is 1. The predicted octanol–water partition coefficient (Wildman–Crippen LogP) is 1.35. The van der Waals surface area contributed by atoms with Crippen LogP contribution >= 0.6 is 0 Å². The van der Waals surface area contributed by atoms with Gasteiger partial charge in [0.05, 0.1) is 5.25 Å². The van der Waals surface area contributed by atoms with Crippen LogP contribution in [-0.2, 0) is 14.8 Å².